The van der Waals surface area contributed by atoms with E-state index in [1.807, 2.05) is 24.3 Å². The quantitative estimate of drug-likeness (QED) is 0.903. The second-order valence-electron chi connectivity index (χ2n) is 6.10. The Bertz CT molecular complexity index is 515. The number of rotatable bonds is 2. The Kier molecular flexibility index (Phi) is 2.88. The lowest BCUT2D eigenvalue weighted by Gasteiger charge is -2.51. The predicted octanol–water partition coefficient (Wildman–Crippen LogP) is 2.35. The van der Waals surface area contributed by atoms with Crippen molar-refractivity contribution >= 4 is 17.5 Å². The number of hydrogen-bond acceptors (Lipinski definition) is 2. The smallest absolute Gasteiger partial charge is 0.233 e. The van der Waals surface area contributed by atoms with Gasteiger partial charge in [0, 0.05) is 5.02 Å². The van der Waals surface area contributed by atoms with Gasteiger partial charge in [0.25, 0.3) is 0 Å². The van der Waals surface area contributed by atoms with Gasteiger partial charge in [-0.3, -0.25) is 4.79 Å². The SMILES string of the molecule is CC1(O)CN(C(=O)C2(c3cccc(Cl)c3)CCC2)C1. The Hall–Kier alpha value is -1.06. The molecule has 1 saturated heterocycles. The minimum absolute atomic E-state index is 0.146. The van der Waals surface area contributed by atoms with Gasteiger partial charge < -0.3 is 10.0 Å². The van der Waals surface area contributed by atoms with Crippen LogP contribution in [-0.2, 0) is 10.2 Å². The zero-order valence-corrected chi connectivity index (χ0v) is 11.8. The number of benzene rings is 1. The van der Waals surface area contributed by atoms with Crippen LogP contribution < -0.4 is 0 Å². The maximum absolute atomic E-state index is 12.7. The number of nitrogens with zero attached hydrogens (tertiary/aromatic N) is 1. The minimum atomic E-state index is -0.713. The summed E-state index contributed by atoms with van der Waals surface area (Å²) in [6.45, 7) is 2.64. The van der Waals surface area contributed by atoms with Gasteiger partial charge in [-0.25, -0.2) is 0 Å². The van der Waals surface area contributed by atoms with Crippen molar-refractivity contribution in [2.24, 2.45) is 0 Å². The Morgan fingerprint density at radius 3 is 2.53 bits per heavy atom. The number of likely N-dealkylation sites (tertiary alicyclic amines) is 1. The number of carbonyl (C=O) groups is 1. The maximum Gasteiger partial charge on any atom is 0.233 e. The third-order valence-corrected chi connectivity index (χ3v) is 4.58. The summed E-state index contributed by atoms with van der Waals surface area (Å²) < 4.78 is 0. The first-order valence-corrected chi connectivity index (χ1v) is 7.09. The molecule has 0 atom stereocenters. The molecule has 19 heavy (non-hydrogen) atoms. The van der Waals surface area contributed by atoms with Crippen LogP contribution in [0.2, 0.25) is 5.02 Å². The number of halogens is 1. The molecule has 1 aromatic rings. The number of carbonyl (C=O) groups excluding carboxylic acids is 1. The summed E-state index contributed by atoms with van der Waals surface area (Å²) in [4.78, 5) is 14.5. The highest BCUT2D eigenvalue weighted by atomic mass is 35.5. The van der Waals surface area contributed by atoms with Gasteiger partial charge in [-0.2, -0.15) is 0 Å². The van der Waals surface area contributed by atoms with E-state index >= 15 is 0 Å². The molecule has 1 N–H and O–H groups in total. The van der Waals surface area contributed by atoms with Crippen LogP contribution in [0, 0.1) is 0 Å². The van der Waals surface area contributed by atoms with Crippen molar-refractivity contribution in [2.45, 2.75) is 37.2 Å². The van der Waals surface area contributed by atoms with Gasteiger partial charge in [-0.05, 0) is 37.5 Å². The van der Waals surface area contributed by atoms with Gasteiger partial charge in [0.15, 0.2) is 0 Å². The lowest BCUT2D eigenvalue weighted by molar-refractivity contribution is -0.161. The van der Waals surface area contributed by atoms with Crippen LogP contribution in [0.1, 0.15) is 31.7 Å². The summed E-state index contributed by atoms with van der Waals surface area (Å²) in [5, 5.41) is 10.5. The fourth-order valence-corrected chi connectivity index (χ4v) is 3.36. The largest absolute Gasteiger partial charge is 0.386 e. The second kappa shape index (κ2) is 4.22. The summed E-state index contributed by atoms with van der Waals surface area (Å²) in [6, 6.07) is 7.62. The molecule has 3 nitrogen and oxygen atoms in total. The zero-order chi connectivity index (χ0) is 13.7. The summed E-state index contributed by atoms with van der Waals surface area (Å²) in [7, 11) is 0. The Balaban J connectivity index is 1.86. The highest BCUT2D eigenvalue weighted by Crippen LogP contribution is 2.46. The third-order valence-electron chi connectivity index (χ3n) is 4.34. The lowest BCUT2D eigenvalue weighted by Crippen LogP contribution is -2.66. The molecule has 2 aliphatic rings. The molecule has 0 unspecified atom stereocenters. The molecule has 1 saturated carbocycles. The van der Waals surface area contributed by atoms with Gasteiger partial charge in [0.1, 0.15) is 0 Å². The molecule has 4 heteroatoms. The molecule has 1 amide bonds. The van der Waals surface area contributed by atoms with E-state index in [9.17, 15) is 9.90 Å². The van der Waals surface area contributed by atoms with Gasteiger partial charge >= 0.3 is 0 Å². The van der Waals surface area contributed by atoms with Crippen LogP contribution in [0.5, 0.6) is 0 Å². The minimum Gasteiger partial charge on any atom is -0.386 e. The first-order chi connectivity index (χ1) is 8.93. The average molecular weight is 280 g/mol. The Morgan fingerprint density at radius 1 is 1.37 bits per heavy atom. The molecular weight excluding hydrogens is 262 g/mol. The number of β-amino-alcohol motifs (C(OH)–C–C–N with tert-alkyl or cyclic N) is 1. The summed E-state index contributed by atoms with van der Waals surface area (Å²) in [5.74, 6) is 0.146. The summed E-state index contributed by atoms with van der Waals surface area (Å²) in [5.41, 5.74) is -0.0983. The van der Waals surface area contributed by atoms with E-state index in [4.69, 9.17) is 11.6 Å². The third kappa shape index (κ3) is 2.05. The first kappa shape index (κ1) is 12.9. The molecule has 0 radical (unpaired) electrons. The molecule has 0 aromatic heterocycles. The standard InChI is InChI=1S/C15H18ClNO2/c1-14(19)9-17(10-14)13(18)15(6-3-7-15)11-4-2-5-12(16)8-11/h2,4-5,8,19H,3,6-7,9-10H2,1H3. The normalized spacial score (nSPS) is 23.4. The van der Waals surface area contributed by atoms with E-state index in [0.29, 0.717) is 18.1 Å². The van der Waals surface area contributed by atoms with Gasteiger partial charge in [-0.1, -0.05) is 30.2 Å². The average Bonchev–Trinajstić information content (AvgIpc) is 2.24. The molecule has 3 rings (SSSR count). The van der Waals surface area contributed by atoms with Crippen molar-refractivity contribution in [3.8, 4) is 0 Å². The van der Waals surface area contributed by atoms with E-state index in [0.717, 1.165) is 24.8 Å². The fraction of sp³-hybridized carbons (Fsp3) is 0.533. The zero-order valence-electron chi connectivity index (χ0n) is 11.0. The maximum atomic E-state index is 12.7. The van der Waals surface area contributed by atoms with Crippen molar-refractivity contribution in [1.29, 1.82) is 0 Å². The Labute approximate surface area is 118 Å². The summed E-state index contributed by atoms with van der Waals surface area (Å²) >= 11 is 6.04. The van der Waals surface area contributed by atoms with Gasteiger partial charge in [-0.15, -0.1) is 0 Å². The highest BCUT2D eigenvalue weighted by molar-refractivity contribution is 6.30. The topological polar surface area (TPSA) is 40.5 Å². The van der Waals surface area contributed by atoms with Gasteiger partial charge in [0.2, 0.25) is 5.91 Å². The number of amides is 1. The van der Waals surface area contributed by atoms with E-state index in [-0.39, 0.29) is 5.91 Å². The fourth-order valence-electron chi connectivity index (χ4n) is 3.16. The molecule has 1 heterocycles. The van der Waals surface area contributed by atoms with E-state index in [1.165, 1.54) is 0 Å². The molecule has 1 aromatic carbocycles. The molecule has 1 aliphatic heterocycles. The Morgan fingerprint density at radius 2 is 2.05 bits per heavy atom. The van der Waals surface area contributed by atoms with Crippen LogP contribution in [0.3, 0.4) is 0 Å². The van der Waals surface area contributed by atoms with Crippen molar-refractivity contribution in [3.05, 3.63) is 34.9 Å². The van der Waals surface area contributed by atoms with E-state index in [2.05, 4.69) is 0 Å². The lowest BCUT2D eigenvalue weighted by atomic mass is 9.63. The molecule has 0 bridgehead atoms. The van der Waals surface area contributed by atoms with Crippen molar-refractivity contribution < 1.29 is 9.90 Å². The van der Waals surface area contributed by atoms with Crippen molar-refractivity contribution in [1.82, 2.24) is 4.90 Å². The highest BCUT2D eigenvalue weighted by Gasteiger charge is 2.52. The van der Waals surface area contributed by atoms with Crippen LogP contribution in [0.25, 0.3) is 0 Å². The monoisotopic (exact) mass is 279 g/mol. The van der Waals surface area contributed by atoms with E-state index in [1.54, 1.807) is 11.8 Å². The van der Waals surface area contributed by atoms with Crippen LogP contribution in [-0.4, -0.2) is 34.6 Å². The molecule has 102 valence electrons. The molecule has 0 spiro atoms. The summed E-state index contributed by atoms with van der Waals surface area (Å²) in [6.07, 6.45) is 2.83. The van der Waals surface area contributed by atoms with Crippen molar-refractivity contribution in [2.75, 3.05) is 13.1 Å². The van der Waals surface area contributed by atoms with Crippen LogP contribution in [0.15, 0.2) is 24.3 Å². The molecule has 1 aliphatic carbocycles. The number of hydrogen-bond donors (Lipinski definition) is 1. The molecular formula is C15H18ClNO2. The molecule has 2 fully saturated rings. The predicted molar refractivity (Wildman–Crippen MR) is 74.2 cm³/mol. The number of aliphatic hydroxyl groups is 1. The second-order valence-corrected chi connectivity index (χ2v) is 6.54. The van der Waals surface area contributed by atoms with Crippen molar-refractivity contribution in [3.63, 3.8) is 0 Å². The van der Waals surface area contributed by atoms with Gasteiger partial charge in [0.05, 0.1) is 24.1 Å². The van der Waals surface area contributed by atoms with Crippen LogP contribution >= 0.6 is 11.6 Å². The van der Waals surface area contributed by atoms with E-state index < -0.39 is 11.0 Å². The first-order valence-electron chi connectivity index (χ1n) is 6.71. The van der Waals surface area contributed by atoms with Crippen LogP contribution in [0.4, 0.5) is 0 Å².